The molecule has 3 nitrogen and oxygen atoms in total. The molecule has 0 aliphatic rings. The summed E-state index contributed by atoms with van der Waals surface area (Å²) in [5.74, 6) is 1.41. The lowest BCUT2D eigenvalue weighted by Gasteiger charge is -2.13. The summed E-state index contributed by atoms with van der Waals surface area (Å²) in [4.78, 5) is 0. The summed E-state index contributed by atoms with van der Waals surface area (Å²) in [6.45, 7) is 2.52. The van der Waals surface area contributed by atoms with E-state index in [9.17, 15) is 5.11 Å². The standard InChI is InChI=1S/C11H18O3Si/c1-3-14-11-6-8(9(12)7-15)4-5-10(11)13-2/h4-6,9,12H,3,7H2,1-2,15H3/t9-/m0/s1. The fourth-order valence-corrected chi connectivity index (χ4v) is 1.88. The third-order valence-electron chi connectivity index (χ3n) is 2.26. The Kier molecular flexibility index (Phi) is 4.65. The molecule has 1 rings (SSSR count). The van der Waals surface area contributed by atoms with E-state index >= 15 is 0 Å². The maximum Gasteiger partial charge on any atom is 0.161 e. The summed E-state index contributed by atoms with van der Waals surface area (Å²) in [7, 11) is 2.60. The van der Waals surface area contributed by atoms with Crippen LogP contribution in [0.3, 0.4) is 0 Å². The van der Waals surface area contributed by atoms with Crippen molar-refractivity contribution in [2.24, 2.45) is 0 Å². The summed E-state index contributed by atoms with van der Waals surface area (Å²) in [5, 5.41) is 9.72. The molecule has 1 atom stereocenters. The zero-order chi connectivity index (χ0) is 11.3. The van der Waals surface area contributed by atoms with Crippen molar-refractivity contribution >= 4 is 10.2 Å². The summed E-state index contributed by atoms with van der Waals surface area (Å²) in [5.41, 5.74) is 0.897. The highest BCUT2D eigenvalue weighted by Gasteiger charge is 2.09. The van der Waals surface area contributed by atoms with Gasteiger partial charge in [-0.15, -0.1) is 0 Å². The highest BCUT2D eigenvalue weighted by molar-refractivity contribution is 6.08. The number of rotatable bonds is 5. The quantitative estimate of drug-likeness (QED) is 0.759. The van der Waals surface area contributed by atoms with Crippen LogP contribution in [0.1, 0.15) is 18.6 Å². The van der Waals surface area contributed by atoms with Gasteiger partial charge in [-0.1, -0.05) is 6.07 Å². The maximum absolute atomic E-state index is 9.72. The summed E-state index contributed by atoms with van der Waals surface area (Å²) in [6.07, 6.45) is -0.373. The Bertz CT molecular complexity index is 315. The molecule has 84 valence electrons. The third kappa shape index (κ3) is 2.97. The van der Waals surface area contributed by atoms with Gasteiger partial charge < -0.3 is 14.6 Å². The lowest BCUT2D eigenvalue weighted by Crippen LogP contribution is -2.00. The molecule has 0 aliphatic carbocycles. The van der Waals surface area contributed by atoms with Gasteiger partial charge in [0.1, 0.15) is 0 Å². The van der Waals surface area contributed by atoms with Crippen LogP contribution < -0.4 is 9.47 Å². The van der Waals surface area contributed by atoms with Gasteiger partial charge in [0.25, 0.3) is 0 Å². The van der Waals surface area contributed by atoms with Gasteiger partial charge in [0, 0.05) is 10.2 Å². The fourth-order valence-electron chi connectivity index (χ4n) is 1.40. The van der Waals surface area contributed by atoms with Crippen molar-refractivity contribution < 1.29 is 14.6 Å². The van der Waals surface area contributed by atoms with Crippen LogP contribution >= 0.6 is 0 Å². The van der Waals surface area contributed by atoms with Gasteiger partial charge in [0.05, 0.1) is 19.8 Å². The van der Waals surface area contributed by atoms with Crippen LogP contribution in [0.25, 0.3) is 0 Å². The highest BCUT2D eigenvalue weighted by Crippen LogP contribution is 2.30. The molecule has 1 aromatic rings. The van der Waals surface area contributed by atoms with Crippen LogP contribution in [0.5, 0.6) is 11.5 Å². The molecule has 0 amide bonds. The predicted octanol–water partition coefficient (Wildman–Crippen LogP) is 0.911. The van der Waals surface area contributed by atoms with Crippen molar-refractivity contribution in [1.29, 1.82) is 0 Å². The Morgan fingerprint density at radius 2 is 2.13 bits per heavy atom. The van der Waals surface area contributed by atoms with E-state index in [1.54, 1.807) is 7.11 Å². The van der Waals surface area contributed by atoms with Crippen LogP contribution in [0.4, 0.5) is 0 Å². The molecule has 1 N–H and O–H groups in total. The Morgan fingerprint density at radius 3 is 2.67 bits per heavy atom. The van der Waals surface area contributed by atoms with Crippen molar-refractivity contribution in [1.82, 2.24) is 0 Å². The van der Waals surface area contributed by atoms with E-state index in [0.29, 0.717) is 18.1 Å². The molecule has 4 heteroatoms. The number of ether oxygens (including phenoxy) is 2. The Hall–Kier alpha value is -1.00. The molecule has 0 radical (unpaired) electrons. The fraction of sp³-hybridized carbons (Fsp3) is 0.455. The van der Waals surface area contributed by atoms with Gasteiger partial charge in [0.2, 0.25) is 0 Å². The van der Waals surface area contributed by atoms with Gasteiger partial charge in [-0.3, -0.25) is 0 Å². The van der Waals surface area contributed by atoms with E-state index in [0.717, 1.165) is 21.9 Å². The first-order valence-corrected chi connectivity index (χ1v) is 6.63. The molecule has 0 aliphatic heterocycles. The van der Waals surface area contributed by atoms with Gasteiger partial charge in [0.15, 0.2) is 11.5 Å². The third-order valence-corrected chi connectivity index (χ3v) is 3.03. The van der Waals surface area contributed by atoms with Crippen LogP contribution in [-0.2, 0) is 0 Å². The largest absolute Gasteiger partial charge is 0.493 e. The lowest BCUT2D eigenvalue weighted by molar-refractivity contribution is 0.198. The maximum atomic E-state index is 9.72. The SMILES string of the molecule is CCOc1cc([C@@H](O)C[SiH3])ccc1OC. The van der Waals surface area contributed by atoms with Crippen molar-refractivity contribution in [3.05, 3.63) is 23.8 Å². The first-order chi connectivity index (χ1) is 7.22. The average Bonchev–Trinajstić information content (AvgIpc) is 2.28. The topological polar surface area (TPSA) is 38.7 Å². The van der Waals surface area contributed by atoms with Gasteiger partial charge in [-0.05, 0) is 30.7 Å². The number of hydrogen-bond donors (Lipinski definition) is 1. The van der Waals surface area contributed by atoms with Gasteiger partial charge >= 0.3 is 0 Å². The minimum Gasteiger partial charge on any atom is -0.493 e. The second-order valence-electron chi connectivity index (χ2n) is 3.27. The van der Waals surface area contributed by atoms with E-state index in [-0.39, 0.29) is 6.10 Å². The Balaban J connectivity index is 2.98. The predicted molar refractivity (Wildman–Crippen MR) is 63.9 cm³/mol. The first kappa shape index (κ1) is 12.1. The number of aliphatic hydroxyl groups excluding tert-OH is 1. The molecule has 0 unspecified atom stereocenters. The smallest absolute Gasteiger partial charge is 0.161 e. The van der Waals surface area contributed by atoms with Crippen molar-refractivity contribution in [2.75, 3.05) is 13.7 Å². The van der Waals surface area contributed by atoms with Gasteiger partial charge in [-0.25, -0.2) is 0 Å². The zero-order valence-corrected chi connectivity index (χ0v) is 11.5. The molecular weight excluding hydrogens is 208 g/mol. The second kappa shape index (κ2) is 5.78. The summed E-state index contributed by atoms with van der Waals surface area (Å²) < 4.78 is 10.6. The van der Waals surface area contributed by atoms with E-state index in [4.69, 9.17) is 9.47 Å². The summed E-state index contributed by atoms with van der Waals surface area (Å²) >= 11 is 0. The second-order valence-corrected chi connectivity index (χ2v) is 4.08. The number of hydrogen-bond acceptors (Lipinski definition) is 3. The number of aliphatic hydroxyl groups is 1. The molecule has 15 heavy (non-hydrogen) atoms. The Labute approximate surface area is 93.4 Å². The summed E-state index contributed by atoms with van der Waals surface area (Å²) in [6, 6.07) is 6.40. The average molecular weight is 226 g/mol. The Morgan fingerprint density at radius 1 is 1.40 bits per heavy atom. The first-order valence-electron chi connectivity index (χ1n) is 5.21. The van der Waals surface area contributed by atoms with Crippen molar-refractivity contribution in [3.8, 4) is 11.5 Å². The highest BCUT2D eigenvalue weighted by atomic mass is 28.1. The molecule has 0 aromatic heterocycles. The van der Waals surface area contributed by atoms with E-state index in [1.165, 1.54) is 0 Å². The van der Waals surface area contributed by atoms with Crippen molar-refractivity contribution in [3.63, 3.8) is 0 Å². The zero-order valence-electron chi connectivity index (χ0n) is 9.49. The monoisotopic (exact) mass is 226 g/mol. The number of benzene rings is 1. The van der Waals surface area contributed by atoms with Gasteiger partial charge in [-0.2, -0.15) is 0 Å². The molecule has 0 saturated heterocycles. The minimum absolute atomic E-state index is 0.373. The molecule has 0 saturated carbocycles. The normalized spacial score (nSPS) is 12.5. The number of methoxy groups -OCH3 is 1. The van der Waals surface area contributed by atoms with Crippen LogP contribution in [-0.4, -0.2) is 29.1 Å². The van der Waals surface area contributed by atoms with E-state index < -0.39 is 0 Å². The minimum atomic E-state index is -0.373. The molecule has 1 aromatic carbocycles. The molecule has 0 fully saturated rings. The molecule has 0 spiro atoms. The molecule has 0 heterocycles. The van der Waals surface area contributed by atoms with E-state index in [1.807, 2.05) is 25.1 Å². The molecular formula is C11H18O3Si. The molecule has 0 bridgehead atoms. The van der Waals surface area contributed by atoms with E-state index in [2.05, 4.69) is 0 Å². The van der Waals surface area contributed by atoms with Crippen LogP contribution in [0.15, 0.2) is 18.2 Å². The van der Waals surface area contributed by atoms with Crippen LogP contribution in [0, 0.1) is 0 Å². The van der Waals surface area contributed by atoms with Crippen molar-refractivity contribution in [2.45, 2.75) is 19.1 Å². The lowest BCUT2D eigenvalue weighted by atomic mass is 10.1. The van der Waals surface area contributed by atoms with Crippen LogP contribution in [0.2, 0.25) is 6.04 Å².